The van der Waals surface area contributed by atoms with Gasteiger partial charge in [-0.25, -0.2) is 0 Å². The zero-order valence-electron chi connectivity index (χ0n) is 10.7. The van der Waals surface area contributed by atoms with Crippen LogP contribution in [-0.2, 0) is 18.3 Å². The molecule has 2 N–H and O–H groups in total. The molecule has 2 unspecified atom stereocenters. The minimum absolute atomic E-state index is 0.401. The zero-order chi connectivity index (χ0) is 12.3. The van der Waals surface area contributed by atoms with Crippen molar-refractivity contribution in [2.75, 3.05) is 26.8 Å². The first-order valence-electron chi connectivity index (χ1n) is 6.16. The molecule has 1 fully saturated rings. The Morgan fingerprint density at radius 1 is 1.71 bits per heavy atom. The molecule has 1 aromatic heterocycles. The molecule has 5 nitrogen and oxygen atoms in total. The Balaban J connectivity index is 1.94. The molecule has 0 radical (unpaired) electrons. The van der Waals surface area contributed by atoms with Gasteiger partial charge in [0.05, 0.1) is 12.8 Å². The van der Waals surface area contributed by atoms with E-state index >= 15 is 0 Å². The van der Waals surface area contributed by atoms with Gasteiger partial charge in [-0.2, -0.15) is 5.10 Å². The van der Waals surface area contributed by atoms with E-state index in [9.17, 15) is 0 Å². The van der Waals surface area contributed by atoms with Crippen LogP contribution in [0.25, 0.3) is 0 Å². The second-order valence-electron chi connectivity index (χ2n) is 4.86. The van der Waals surface area contributed by atoms with E-state index in [0.29, 0.717) is 18.5 Å². The van der Waals surface area contributed by atoms with Crippen molar-refractivity contribution in [2.24, 2.45) is 18.7 Å². The third kappa shape index (κ3) is 3.06. The summed E-state index contributed by atoms with van der Waals surface area (Å²) in [6, 6.07) is 0.401. The smallest absolute Gasteiger partial charge is 0.0534 e. The van der Waals surface area contributed by atoms with Crippen LogP contribution in [0.4, 0.5) is 0 Å². The van der Waals surface area contributed by atoms with Gasteiger partial charge in [-0.1, -0.05) is 0 Å². The molecule has 2 rings (SSSR count). The zero-order valence-corrected chi connectivity index (χ0v) is 10.7. The number of nitrogens with two attached hydrogens (primary N) is 1. The fraction of sp³-hybridized carbons (Fsp3) is 0.750. The number of hydrogen-bond donors (Lipinski definition) is 1. The quantitative estimate of drug-likeness (QED) is 0.797. The van der Waals surface area contributed by atoms with Crippen molar-refractivity contribution in [1.82, 2.24) is 14.7 Å². The summed E-state index contributed by atoms with van der Waals surface area (Å²) < 4.78 is 7.28. The summed E-state index contributed by atoms with van der Waals surface area (Å²) in [7, 11) is 4.07. The highest BCUT2D eigenvalue weighted by Crippen LogP contribution is 2.20. The fourth-order valence-corrected chi connectivity index (χ4v) is 2.55. The van der Waals surface area contributed by atoms with E-state index in [1.54, 1.807) is 0 Å². The number of nitrogens with zero attached hydrogens (tertiary/aromatic N) is 3. The van der Waals surface area contributed by atoms with Gasteiger partial charge in [0.15, 0.2) is 0 Å². The van der Waals surface area contributed by atoms with Crippen molar-refractivity contribution < 1.29 is 4.74 Å². The lowest BCUT2D eigenvalue weighted by Crippen LogP contribution is -2.43. The molecule has 1 aliphatic rings. The van der Waals surface area contributed by atoms with Crippen LogP contribution in [0.3, 0.4) is 0 Å². The van der Waals surface area contributed by atoms with E-state index in [1.165, 1.54) is 5.56 Å². The van der Waals surface area contributed by atoms with Crippen molar-refractivity contribution >= 4 is 0 Å². The van der Waals surface area contributed by atoms with E-state index < -0.39 is 0 Å². The Bertz CT molecular complexity index is 346. The standard InChI is InChI=1S/C12H22N4O/c1-15(7-10-6-14-16(2)8-10)12(5-13)11-3-4-17-9-11/h6,8,11-12H,3-5,7,9,13H2,1-2H3. The van der Waals surface area contributed by atoms with E-state index in [-0.39, 0.29) is 0 Å². The van der Waals surface area contributed by atoms with Crippen LogP contribution in [-0.4, -0.2) is 47.5 Å². The van der Waals surface area contributed by atoms with E-state index in [4.69, 9.17) is 10.5 Å². The van der Waals surface area contributed by atoms with Crippen LogP contribution in [0.2, 0.25) is 0 Å². The van der Waals surface area contributed by atoms with Gasteiger partial charge in [0.2, 0.25) is 0 Å². The van der Waals surface area contributed by atoms with Crippen molar-refractivity contribution in [1.29, 1.82) is 0 Å². The molecule has 0 amide bonds. The van der Waals surface area contributed by atoms with Crippen LogP contribution in [0.1, 0.15) is 12.0 Å². The lowest BCUT2D eigenvalue weighted by Gasteiger charge is -2.30. The number of aromatic nitrogens is 2. The lowest BCUT2D eigenvalue weighted by molar-refractivity contribution is 0.136. The summed E-state index contributed by atoms with van der Waals surface area (Å²) in [5, 5.41) is 4.19. The molecule has 2 atom stereocenters. The van der Waals surface area contributed by atoms with Crippen molar-refractivity contribution in [3.63, 3.8) is 0 Å². The topological polar surface area (TPSA) is 56.3 Å². The monoisotopic (exact) mass is 238 g/mol. The molecule has 0 saturated carbocycles. The average molecular weight is 238 g/mol. The molecule has 1 aliphatic heterocycles. The SMILES string of the molecule is CN(Cc1cnn(C)c1)C(CN)C1CCOC1. The molecule has 1 aromatic rings. The van der Waals surface area contributed by atoms with Gasteiger partial charge in [-0.15, -0.1) is 0 Å². The number of likely N-dealkylation sites (N-methyl/N-ethyl adjacent to an activating group) is 1. The largest absolute Gasteiger partial charge is 0.381 e. The minimum atomic E-state index is 0.401. The number of hydrogen-bond acceptors (Lipinski definition) is 4. The molecule has 2 heterocycles. The van der Waals surface area contributed by atoms with Crippen LogP contribution in [0.15, 0.2) is 12.4 Å². The lowest BCUT2D eigenvalue weighted by atomic mass is 9.97. The first kappa shape index (κ1) is 12.5. The minimum Gasteiger partial charge on any atom is -0.381 e. The third-order valence-electron chi connectivity index (χ3n) is 3.51. The highest BCUT2D eigenvalue weighted by atomic mass is 16.5. The second-order valence-corrected chi connectivity index (χ2v) is 4.86. The van der Waals surface area contributed by atoms with Crippen molar-refractivity contribution in [3.8, 4) is 0 Å². The predicted octanol–water partition coefficient (Wildman–Crippen LogP) is 0.216. The van der Waals surface area contributed by atoms with Gasteiger partial charge in [-0.3, -0.25) is 9.58 Å². The number of rotatable bonds is 5. The normalized spacial score (nSPS) is 22.2. The molecular formula is C12H22N4O. The van der Waals surface area contributed by atoms with Gasteiger partial charge in [0, 0.05) is 50.5 Å². The summed E-state index contributed by atoms with van der Waals surface area (Å²) in [5.74, 6) is 0.571. The van der Waals surface area contributed by atoms with Crippen LogP contribution < -0.4 is 5.73 Å². The summed E-state index contributed by atoms with van der Waals surface area (Å²) in [4.78, 5) is 2.32. The molecule has 5 heteroatoms. The van der Waals surface area contributed by atoms with Gasteiger partial charge in [-0.05, 0) is 13.5 Å². The molecule has 96 valence electrons. The molecule has 1 saturated heterocycles. The summed E-state index contributed by atoms with van der Waals surface area (Å²) in [6.45, 7) is 3.30. The predicted molar refractivity (Wildman–Crippen MR) is 66.4 cm³/mol. The maximum Gasteiger partial charge on any atom is 0.0534 e. The van der Waals surface area contributed by atoms with Crippen molar-refractivity contribution in [2.45, 2.75) is 19.0 Å². The van der Waals surface area contributed by atoms with Crippen molar-refractivity contribution in [3.05, 3.63) is 18.0 Å². The molecule has 0 bridgehead atoms. The molecular weight excluding hydrogens is 216 g/mol. The van der Waals surface area contributed by atoms with Crippen LogP contribution in [0, 0.1) is 5.92 Å². The third-order valence-corrected chi connectivity index (χ3v) is 3.51. The Morgan fingerprint density at radius 3 is 3.06 bits per heavy atom. The van der Waals surface area contributed by atoms with E-state index in [2.05, 4.69) is 23.2 Å². The van der Waals surface area contributed by atoms with Gasteiger partial charge in [0.1, 0.15) is 0 Å². The maximum absolute atomic E-state index is 5.89. The Morgan fingerprint density at radius 2 is 2.53 bits per heavy atom. The highest BCUT2D eigenvalue weighted by Gasteiger charge is 2.27. The summed E-state index contributed by atoms with van der Waals surface area (Å²) >= 11 is 0. The van der Waals surface area contributed by atoms with Gasteiger partial charge in [0.25, 0.3) is 0 Å². The van der Waals surface area contributed by atoms with Gasteiger partial charge >= 0.3 is 0 Å². The molecule has 0 aliphatic carbocycles. The summed E-state index contributed by atoms with van der Waals surface area (Å²) in [5.41, 5.74) is 7.12. The van der Waals surface area contributed by atoms with Crippen LogP contribution >= 0.6 is 0 Å². The molecule has 17 heavy (non-hydrogen) atoms. The number of ether oxygens (including phenoxy) is 1. The number of aryl methyl sites for hydroxylation is 1. The first-order valence-corrected chi connectivity index (χ1v) is 6.16. The Hall–Kier alpha value is -0.910. The first-order chi connectivity index (χ1) is 8.20. The summed E-state index contributed by atoms with van der Waals surface area (Å²) in [6.07, 6.45) is 5.09. The second kappa shape index (κ2) is 5.62. The fourth-order valence-electron chi connectivity index (χ4n) is 2.55. The Labute approximate surface area is 103 Å². The van der Waals surface area contributed by atoms with Crippen LogP contribution in [0.5, 0.6) is 0 Å². The average Bonchev–Trinajstić information content (AvgIpc) is 2.92. The van der Waals surface area contributed by atoms with Gasteiger partial charge < -0.3 is 10.5 Å². The van der Waals surface area contributed by atoms with E-state index in [1.807, 2.05) is 17.9 Å². The molecule has 0 aromatic carbocycles. The Kier molecular flexibility index (Phi) is 4.15. The van der Waals surface area contributed by atoms with E-state index in [0.717, 1.165) is 26.2 Å². The maximum atomic E-state index is 5.89. The highest BCUT2D eigenvalue weighted by molar-refractivity contribution is 5.03. The molecule has 0 spiro atoms.